The van der Waals surface area contributed by atoms with Crippen molar-refractivity contribution in [1.82, 2.24) is 15.3 Å². The minimum Gasteiger partial charge on any atom is -0.493 e. The van der Waals surface area contributed by atoms with Crippen molar-refractivity contribution in [2.24, 2.45) is 0 Å². The molecule has 0 saturated carbocycles. The second kappa shape index (κ2) is 5.24. The molecule has 5 heteroatoms. The molecule has 0 bridgehead atoms. The first-order chi connectivity index (χ1) is 9.35. The standard InChI is InChI=1S/C14H16N4O/c1-15-9-14-16-6-4-13(18-14)17-11-2-3-12-10(8-11)5-7-19-12/h2-4,6,8,15H,5,7,9H2,1H3,(H,16,17,18). The van der Waals surface area contributed by atoms with Crippen LogP contribution in [0.5, 0.6) is 5.75 Å². The van der Waals surface area contributed by atoms with Crippen LogP contribution in [-0.4, -0.2) is 23.6 Å². The van der Waals surface area contributed by atoms with Crippen LogP contribution < -0.4 is 15.4 Å². The summed E-state index contributed by atoms with van der Waals surface area (Å²) in [6, 6.07) is 7.98. The van der Waals surface area contributed by atoms with Crippen molar-refractivity contribution in [3.05, 3.63) is 41.9 Å². The lowest BCUT2D eigenvalue weighted by Crippen LogP contribution is -2.09. The molecule has 3 rings (SSSR count). The van der Waals surface area contributed by atoms with Crippen molar-refractivity contribution >= 4 is 11.5 Å². The number of benzene rings is 1. The van der Waals surface area contributed by atoms with Gasteiger partial charge in [0.2, 0.25) is 0 Å². The maximum atomic E-state index is 5.49. The molecule has 0 spiro atoms. The van der Waals surface area contributed by atoms with Crippen LogP contribution in [0.1, 0.15) is 11.4 Å². The Morgan fingerprint density at radius 2 is 2.26 bits per heavy atom. The molecule has 1 aromatic carbocycles. The molecule has 2 aromatic rings. The number of anilines is 2. The highest BCUT2D eigenvalue weighted by atomic mass is 16.5. The summed E-state index contributed by atoms with van der Waals surface area (Å²) in [5, 5.41) is 6.34. The van der Waals surface area contributed by atoms with Gasteiger partial charge in [-0.1, -0.05) is 0 Å². The topological polar surface area (TPSA) is 59.1 Å². The normalized spacial score (nSPS) is 12.9. The van der Waals surface area contributed by atoms with Crippen molar-refractivity contribution < 1.29 is 4.74 Å². The molecule has 19 heavy (non-hydrogen) atoms. The number of nitrogens with zero attached hydrogens (tertiary/aromatic N) is 2. The molecule has 1 aliphatic rings. The van der Waals surface area contributed by atoms with E-state index < -0.39 is 0 Å². The Balaban J connectivity index is 1.79. The van der Waals surface area contributed by atoms with Gasteiger partial charge in [-0.25, -0.2) is 9.97 Å². The van der Waals surface area contributed by atoms with Crippen LogP contribution >= 0.6 is 0 Å². The third-order valence-electron chi connectivity index (χ3n) is 3.00. The molecule has 0 radical (unpaired) electrons. The number of nitrogens with one attached hydrogen (secondary N) is 2. The van der Waals surface area contributed by atoms with Crippen LogP contribution in [-0.2, 0) is 13.0 Å². The molecule has 2 heterocycles. The van der Waals surface area contributed by atoms with Gasteiger partial charge in [0.25, 0.3) is 0 Å². The summed E-state index contributed by atoms with van der Waals surface area (Å²) in [6.07, 6.45) is 2.73. The number of rotatable bonds is 4. The SMILES string of the molecule is CNCc1nccc(Nc2ccc3c(c2)CCO3)n1. The molecular formula is C14H16N4O. The van der Waals surface area contributed by atoms with Crippen LogP contribution in [0.2, 0.25) is 0 Å². The number of hydrogen-bond donors (Lipinski definition) is 2. The molecule has 2 N–H and O–H groups in total. The van der Waals surface area contributed by atoms with Gasteiger partial charge < -0.3 is 15.4 Å². The highest BCUT2D eigenvalue weighted by molar-refractivity contribution is 5.59. The average Bonchev–Trinajstić information content (AvgIpc) is 2.87. The largest absolute Gasteiger partial charge is 0.493 e. The Kier molecular flexibility index (Phi) is 3.29. The van der Waals surface area contributed by atoms with Gasteiger partial charge in [-0.3, -0.25) is 0 Å². The van der Waals surface area contributed by atoms with E-state index in [1.165, 1.54) is 5.56 Å². The molecule has 0 amide bonds. The van der Waals surface area contributed by atoms with Crippen LogP contribution in [0, 0.1) is 0 Å². The Morgan fingerprint density at radius 1 is 1.32 bits per heavy atom. The van der Waals surface area contributed by atoms with E-state index in [0.29, 0.717) is 6.54 Å². The molecule has 1 aromatic heterocycles. The summed E-state index contributed by atoms with van der Waals surface area (Å²) in [6.45, 7) is 1.44. The van der Waals surface area contributed by atoms with Gasteiger partial charge in [0.1, 0.15) is 17.4 Å². The van der Waals surface area contributed by atoms with Gasteiger partial charge >= 0.3 is 0 Å². The van der Waals surface area contributed by atoms with Crippen molar-refractivity contribution in [3.8, 4) is 5.75 Å². The molecule has 0 unspecified atom stereocenters. The van der Waals surface area contributed by atoms with Crippen molar-refractivity contribution in [2.75, 3.05) is 19.0 Å². The summed E-state index contributed by atoms with van der Waals surface area (Å²) in [7, 11) is 1.88. The zero-order valence-corrected chi connectivity index (χ0v) is 10.8. The minimum atomic E-state index is 0.660. The van der Waals surface area contributed by atoms with Gasteiger partial charge in [0.15, 0.2) is 0 Å². The molecule has 0 atom stereocenters. The number of fused-ring (bicyclic) bond motifs is 1. The Bertz CT molecular complexity index is 585. The number of ether oxygens (including phenoxy) is 1. The molecule has 0 aliphatic carbocycles. The zero-order chi connectivity index (χ0) is 13.1. The first kappa shape index (κ1) is 11.9. The number of hydrogen-bond acceptors (Lipinski definition) is 5. The van der Waals surface area contributed by atoms with Crippen molar-refractivity contribution in [1.29, 1.82) is 0 Å². The van der Waals surface area contributed by atoms with Crippen LogP contribution in [0.4, 0.5) is 11.5 Å². The van der Waals surface area contributed by atoms with E-state index in [9.17, 15) is 0 Å². The van der Waals surface area contributed by atoms with E-state index in [4.69, 9.17) is 4.74 Å². The summed E-state index contributed by atoms with van der Waals surface area (Å²) in [4.78, 5) is 8.63. The maximum Gasteiger partial charge on any atom is 0.144 e. The third-order valence-corrected chi connectivity index (χ3v) is 3.00. The maximum absolute atomic E-state index is 5.49. The minimum absolute atomic E-state index is 0.660. The van der Waals surface area contributed by atoms with Crippen molar-refractivity contribution in [3.63, 3.8) is 0 Å². The summed E-state index contributed by atoms with van der Waals surface area (Å²) in [5.74, 6) is 2.57. The fraction of sp³-hybridized carbons (Fsp3) is 0.286. The predicted molar refractivity (Wildman–Crippen MR) is 73.7 cm³/mol. The van der Waals surface area contributed by atoms with E-state index in [0.717, 1.165) is 36.1 Å². The molecule has 0 fully saturated rings. The van der Waals surface area contributed by atoms with Gasteiger partial charge in [-0.05, 0) is 36.9 Å². The van der Waals surface area contributed by atoms with Crippen molar-refractivity contribution in [2.45, 2.75) is 13.0 Å². The van der Waals surface area contributed by atoms with E-state index in [1.54, 1.807) is 6.20 Å². The van der Waals surface area contributed by atoms with E-state index >= 15 is 0 Å². The average molecular weight is 256 g/mol. The Hall–Kier alpha value is -2.14. The molecule has 5 nitrogen and oxygen atoms in total. The summed E-state index contributed by atoms with van der Waals surface area (Å²) < 4.78 is 5.49. The predicted octanol–water partition coefficient (Wildman–Crippen LogP) is 1.87. The fourth-order valence-electron chi connectivity index (χ4n) is 2.12. The van der Waals surface area contributed by atoms with E-state index in [1.807, 2.05) is 25.2 Å². The van der Waals surface area contributed by atoms with Gasteiger partial charge in [0.05, 0.1) is 13.2 Å². The second-order valence-electron chi connectivity index (χ2n) is 4.43. The van der Waals surface area contributed by atoms with Crippen LogP contribution in [0.15, 0.2) is 30.5 Å². The summed E-state index contributed by atoms with van der Waals surface area (Å²) >= 11 is 0. The molecular weight excluding hydrogens is 240 g/mol. The first-order valence-corrected chi connectivity index (χ1v) is 6.34. The highest BCUT2D eigenvalue weighted by Gasteiger charge is 2.12. The zero-order valence-electron chi connectivity index (χ0n) is 10.8. The third kappa shape index (κ3) is 2.66. The highest BCUT2D eigenvalue weighted by Crippen LogP contribution is 2.28. The summed E-state index contributed by atoms with van der Waals surface area (Å²) in [5.41, 5.74) is 2.27. The second-order valence-corrected chi connectivity index (χ2v) is 4.43. The number of aromatic nitrogens is 2. The van der Waals surface area contributed by atoms with E-state index in [-0.39, 0.29) is 0 Å². The Labute approximate surface area is 112 Å². The fourth-order valence-corrected chi connectivity index (χ4v) is 2.12. The molecule has 1 aliphatic heterocycles. The van der Waals surface area contributed by atoms with Gasteiger partial charge in [-0.2, -0.15) is 0 Å². The monoisotopic (exact) mass is 256 g/mol. The van der Waals surface area contributed by atoms with Gasteiger partial charge in [-0.15, -0.1) is 0 Å². The quantitative estimate of drug-likeness (QED) is 0.874. The lowest BCUT2D eigenvalue weighted by Gasteiger charge is -2.08. The lowest BCUT2D eigenvalue weighted by atomic mass is 10.1. The van der Waals surface area contributed by atoms with Crippen LogP contribution in [0.3, 0.4) is 0 Å². The molecule has 0 saturated heterocycles. The molecule has 98 valence electrons. The smallest absolute Gasteiger partial charge is 0.144 e. The van der Waals surface area contributed by atoms with E-state index in [2.05, 4.69) is 26.7 Å². The lowest BCUT2D eigenvalue weighted by molar-refractivity contribution is 0.357. The van der Waals surface area contributed by atoms with Crippen LogP contribution in [0.25, 0.3) is 0 Å². The Morgan fingerprint density at radius 3 is 3.16 bits per heavy atom. The van der Waals surface area contributed by atoms with Gasteiger partial charge in [0, 0.05) is 18.3 Å². The first-order valence-electron chi connectivity index (χ1n) is 6.34.